The number of hydrogen-bond donors (Lipinski definition) is 1. The smallest absolute Gasteiger partial charge is 0.0319 e. The van der Waals surface area contributed by atoms with E-state index in [9.17, 15) is 0 Å². The van der Waals surface area contributed by atoms with Gasteiger partial charge in [-0.25, -0.2) is 0 Å². The fourth-order valence-electron chi connectivity index (χ4n) is 1.39. The van der Waals surface area contributed by atoms with Gasteiger partial charge in [0.15, 0.2) is 0 Å². The number of aliphatic hydroxyl groups is 1. The van der Waals surface area contributed by atoms with E-state index in [-0.39, 0.29) is 0 Å². The van der Waals surface area contributed by atoms with Gasteiger partial charge in [-0.2, -0.15) is 0 Å². The molecule has 1 nitrogen and oxygen atoms in total. The molecule has 0 radical (unpaired) electrons. The number of rotatable bonds is 3. The maximum Gasteiger partial charge on any atom is 0.0319 e. The van der Waals surface area contributed by atoms with E-state index >= 15 is 0 Å². The van der Waals surface area contributed by atoms with E-state index in [1.807, 2.05) is 0 Å². The van der Waals surface area contributed by atoms with E-state index in [0.29, 0.717) is 0 Å². The van der Waals surface area contributed by atoms with Crippen LogP contribution in [0.15, 0.2) is 43.0 Å². The molecule has 2 heteroatoms. The van der Waals surface area contributed by atoms with Crippen molar-refractivity contribution in [1.29, 1.82) is 0 Å². The average molecular weight is 208 g/mol. The molecule has 0 bridgehead atoms. The van der Waals surface area contributed by atoms with Gasteiger partial charge < -0.3 is 5.11 Å². The lowest BCUT2D eigenvalue weighted by Crippen LogP contribution is -1.93. The molecule has 2 rings (SSSR count). The van der Waals surface area contributed by atoms with Crippen LogP contribution < -0.4 is 5.30 Å². The van der Waals surface area contributed by atoms with E-state index in [1.165, 1.54) is 11.7 Å². The minimum absolute atomic E-state index is 0.809. The quantitative estimate of drug-likeness (QED) is 0.596. The van der Waals surface area contributed by atoms with Crippen molar-refractivity contribution < 1.29 is 5.11 Å². The van der Waals surface area contributed by atoms with E-state index in [2.05, 4.69) is 43.0 Å². The number of benzene rings is 1. The Hall–Kier alpha value is -0.650. The molecule has 14 heavy (non-hydrogen) atoms. The summed E-state index contributed by atoms with van der Waals surface area (Å²) in [6, 6.07) is 10.8. The average Bonchev–Trinajstić information content (AvgIpc) is 3.01. The van der Waals surface area contributed by atoms with Gasteiger partial charge in [0.25, 0.3) is 0 Å². The van der Waals surface area contributed by atoms with Gasteiger partial charge in [0.1, 0.15) is 0 Å². The van der Waals surface area contributed by atoms with Gasteiger partial charge in [-0.1, -0.05) is 45.0 Å². The Labute approximate surface area is 87.6 Å². The highest BCUT2D eigenvalue weighted by Crippen LogP contribution is 2.45. The van der Waals surface area contributed by atoms with Crippen molar-refractivity contribution in [2.45, 2.75) is 12.1 Å². The molecular weight excluding hydrogens is 191 g/mol. The van der Waals surface area contributed by atoms with E-state index in [4.69, 9.17) is 5.11 Å². The van der Waals surface area contributed by atoms with Crippen molar-refractivity contribution in [2.75, 3.05) is 7.11 Å². The number of hydrogen-bond acceptors (Lipinski definition) is 1. The lowest BCUT2D eigenvalue weighted by molar-refractivity contribution is 0.399. The minimum atomic E-state index is 0.809. The van der Waals surface area contributed by atoms with Crippen LogP contribution in [-0.4, -0.2) is 17.9 Å². The van der Waals surface area contributed by atoms with Crippen molar-refractivity contribution in [2.24, 2.45) is 5.92 Å². The summed E-state index contributed by atoms with van der Waals surface area (Å²) in [6.07, 6.45) is 3.46. The Balaban J connectivity index is 0.000000461. The van der Waals surface area contributed by atoms with E-state index in [1.54, 1.807) is 0 Å². The maximum absolute atomic E-state index is 7.00. The van der Waals surface area contributed by atoms with Gasteiger partial charge in [-0.05, 0) is 23.3 Å². The molecule has 0 spiro atoms. The van der Waals surface area contributed by atoms with E-state index in [0.717, 1.165) is 27.3 Å². The first-order valence-electron chi connectivity index (χ1n) is 4.79. The fourth-order valence-corrected chi connectivity index (χ4v) is 2.94. The van der Waals surface area contributed by atoms with Crippen LogP contribution in [0.2, 0.25) is 0 Å². The second-order valence-electron chi connectivity index (χ2n) is 3.25. The molecule has 3 unspecified atom stereocenters. The van der Waals surface area contributed by atoms with Crippen LogP contribution in [0.3, 0.4) is 0 Å². The lowest BCUT2D eigenvalue weighted by atomic mass is 10.4. The number of allylic oxidation sites excluding steroid dienone is 1. The van der Waals surface area contributed by atoms with Crippen LogP contribution in [-0.2, 0) is 0 Å². The van der Waals surface area contributed by atoms with Crippen LogP contribution in [0.4, 0.5) is 0 Å². The summed E-state index contributed by atoms with van der Waals surface area (Å²) in [6.45, 7) is 3.82. The molecule has 0 heterocycles. The van der Waals surface area contributed by atoms with Gasteiger partial charge in [0.05, 0.1) is 0 Å². The van der Waals surface area contributed by atoms with Crippen LogP contribution in [0, 0.1) is 5.92 Å². The molecule has 1 aromatic carbocycles. The summed E-state index contributed by atoms with van der Waals surface area (Å²) in [7, 11) is 1.99. The molecule has 1 aliphatic carbocycles. The third-order valence-corrected chi connectivity index (χ3v) is 3.97. The maximum atomic E-state index is 7.00. The molecule has 0 aromatic heterocycles. The summed E-state index contributed by atoms with van der Waals surface area (Å²) in [5.41, 5.74) is 0.907. The Morgan fingerprint density at radius 3 is 2.50 bits per heavy atom. The molecule has 1 fully saturated rings. The summed E-state index contributed by atoms with van der Waals surface area (Å²) in [5, 5.41) is 8.49. The number of aliphatic hydroxyl groups excluding tert-OH is 1. The van der Waals surface area contributed by atoms with Crippen LogP contribution >= 0.6 is 8.58 Å². The Morgan fingerprint density at radius 2 is 2.00 bits per heavy atom. The SMILES string of the molecule is C=CC1CC1Pc1ccccc1.CO. The van der Waals surface area contributed by atoms with Crippen molar-refractivity contribution in [3.63, 3.8) is 0 Å². The summed E-state index contributed by atoms with van der Waals surface area (Å²) in [5.74, 6) is 0.809. The molecule has 3 atom stereocenters. The molecule has 1 N–H and O–H groups in total. The first kappa shape index (κ1) is 11.4. The molecule has 0 aliphatic heterocycles. The zero-order valence-corrected chi connectivity index (χ0v) is 9.48. The first-order valence-corrected chi connectivity index (χ1v) is 5.87. The molecule has 76 valence electrons. The Bertz CT molecular complexity index is 271. The highest BCUT2D eigenvalue weighted by molar-refractivity contribution is 7.48. The Morgan fingerprint density at radius 1 is 1.36 bits per heavy atom. The lowest BCUT2D eigenvalue weighted by Gasteiger charge is -1.97. The highest BCUT2D eigenvalue weighted by atomic mass is 31.1. The van der Waals surface area contributed by atoms with E-state index < -0.39 is 0 Å². The summed E-state index contributed by atoms with van der Waals surface area (Å²) >= 11 is 0. The van der Waals surface area contributed by atoms with Gasteiger partial charge >= 0.3 is 0 Å². The summed E-state index contributed by atoms with van der Waals surface area (Å²) < 4.78 is 0. The second kappa shape index (κ2) is 5.95. The molecular formula is C12H17OP. The predicted molar refractivity (Wildman–Crippen MR) is 64.6 cm³/mol. The second-order valence-corrected chi connectivity index (χ2v) is 4.86. The third-order valence-electron chi connectivity index (χ3n) is 2.27. The normalized spacial score (nSPS) is 24.1. The molecule has 1 aromatic rings. The minimum Gasteiger partial charge on any atom is -0.400 e. The predicted octanol–water partition coefficient (Wildman–Crippen LogP) is 2.17. The molecule has 0 amide bonds. The first-order chi connectivity index (χ1) is 6.90. The van der Waals surface area contributed by atoms with Crippen LogP contribution in [0.5, 0.6) is 0 Å². The molecule has 1 saturated carbocycles. The van der Waals surface area contributed by atoms with Gasteiger partial charge in [0.2, 0.25) is 0 Å². The van der Waals surface area contributed by atoms with Crippen molar-refractivity contribution in [3.8, 4) is 0 Å². The molecule has 0 saturated heterocycles. The zero-order valence-electron chi connectivity index (χ0n) is 8.48. The highest BCUT2D eigenvalue weighted by Gasteiger charge is 2.33. The fraction of sp³-hybridized carbons (Fsp3) is 0.333. The van der Waals surface area contributed by atoms with Gasteiger partial charge in [-0.15, -0.1) is 6.58 Å². The van der Waals surface area contributed by atoms with Crippen molar-refractivity contribution >= 4 is 13.9 Å². The zero-order chi connectivity index (χ0) is 10.4. The van der Waals surface area contributed by atoms with Crippen LogP contribution in [0.1, 0.15) is 6.42 Å². The topological polar surface area (TPSA) is 20.2 Å². The van der Waals surface area contributed by atoms with Gasteiger partial charge in [-0.3, -0.25) is 0 Å². The Kier molecular flexibility index (Phi) is 4.86. The standard InChI is InChI=1S/C11H13P.CH4O/c1-2-9-8-11(9)12-10-6-4-3-5-7-10;1-2/h2-7,9,11-12H,1,8H2;2H,1H3. The van der Waals surface area contributed by atoms with Crippen molar-refractivity contribution in [3.05, 3.63) is 43.0 Å². The van der Waals surface area contributed by atoms with Crippen molar-refractivity contribution in [1.82, 2.24) is 0 Å². The van der Waals surface area contributed by atoms with Gasteiger partial charge in [0, 0.05) is 7.11 Å². The van der Waals surface area contributed by atoms with Crippen LogP contribution in [0.25, 0.3) is 0 Å². The molecule has 1 aliphatic rings. The largest absolute Gasteiger partial charge is 0.400 e. The summed E-state index contributed by atoms with van der Waals surface area (Å²) in [4.78, 5) is 0. The third kappa shape index (κ3) is 3.25. The monoisotopic (exact) mass is 208 g/mol.